The lowest BCUT2D eigenvalue weighted by Crippen LogP contribution is -2.57. The molecule has 0 bridgehead atoms. The molecule has 0 saturated heterocycles. The predicted molar refractivity (Wildman–Crippen MR) is 102 cm³/mol. The van der Waals surface area contributed by atoms with E-state index in [0.717, 1.165) is 38.5 Å². The number of allylic oxidation sites excluding steroid dienone is 1. The van der Waals surface area contributed by atoms with E-state index in [1.165, 1.54) is 12.5 Å². The summed E-state index contributed by atoms with van der Waals surface area (Å²) >= 11 is 0. The maximum atomic E-state index is 12.4. The summed E-state index contributed by atoms with van der Waals surface area (Å²) in [6, 6.07) is 0. The Kier molecular flexibility index (Phi) is 4.40. The summed E-state index contributed by atoms with van der Waals surface area (Å²) < 4.78 is 5.94. The lowest BCUT2D eigenvalue weighted by atomic mass is 9.46. The number of esters is 1. The highest BCUT2D eigenvalue weighted by atomic mass is 16.5. The van der Waals surface area contributed by atoms with Crippen molar-refractivity contribution in [2.45, 2.75) is 78.7 Å². The van der Waals surface area contributed by atoms with Crippen LogP contribution in [-0.2, 0) is 19.1 Å². The number of carbonyl (C=O) groups is 3. The van der Waals surface area contributed by atoms with E-state index in [2.05, 4.69) is 13.8 Å². The van der Waals surface area contributed by atoms with Gasteiger partial charge in [-0.3, -0.25) is 14.4 Å². The second kappa shape index (κ2) is 6.28. The Bertz CT molecular complexity index is 722. The molecule has 4 nitrogen and oxygen atoms in total. The maximum absolute atomic E-state index is 12.4. The molecule has 0 aromatic rings. The molecule has 0 spiro atoms. The number of carbonyl (C=O) groups excluding carboxylic acids is 3. The Balaban J connectivity index is 1.77. The first-order valence-corrected chi connectivity index (χ1v) is 10.6. The Morgan fingerprint density at radius 1 is 1.11 bits per heavy atom. The minimum Gasteiger partial charge on any atom is -0.462 e. The van der Waals surface area contributed by atoms with E-state index in [9.17, 15) is 14.4 Å². The molecule has 3 saturated carbocycles. The Morgan fingerprint density at radius 2 is 1.85 bits per heavy atom. The molecule has 4 aliphatic carbocycles. The van der Waals surface area contributed by atoms with Gasteiger partial charge in [-0.2, -0.15) is 0 Å². The Hall–Kier alpha value is -1.45. The summed E-state index contributed by atoms with van der Waals surface area (Å²) in [5.41, 5.74) is 1.13. The van der Waals surface area contributed by atoms with E-state index >= 15 is 0 Å². The number of fused-ring (bicyclic) bond motifs is 5. The van der Waals surface area contributed by atoms with Gasteiger partial charge in [0.25, 0.3) is 0 Å². The average molecular weight is 373 g/mol. The summed E-state index contributed by atoms with van der Waals surface area (Å²) in [6.45, 7) is 7.77. The lowest BCUT2D eigenvalue weighted by Gasteiger charge is -2.60. The molecule has 0 N–H and O–H groups in total. The SMILES string of the molecule is CC(=O)OC1C[C@@]2(C)C(CC[C@@H]2C(C)=O)C2CCC3=CC(=O)CC[C@]3(C)C12. The summed E-state index contributed by atoms with van der Waals surface area (Å²) in [5.74, 6) is 1.61. The van der Waals surface area contributed by atoms with Gasteiger partial charge in [0.15, 0.2) is 5.78 Å². The van der Waals surface area contributed by atoms with Gasteiger partial charge in [0.2, 0.25) is 0 Å². The molecule has 7 atom stereocenters. The summed E-state index contributed by atoms with van der Waals surface area (Å²) in [7, 11) is 0. The largest absolute Gasteiger partial charge is 0.462 e. The van der Waals surface area contributed by atoms with Gasteiger partial charge in [-0.1, -0.05) is 19.4 Å². The van der Waals surface area contributed by atoms with Crippen LogP contribution in [-0.4, -0.2) is 23.6 Å². The van der Waals surface area contributed by atoms with Crippen LogP contribution in [0.25, 0.3) is 0 Å². The van der Waals surface area contributed by atoms with Crippen molar-refractivity contribution in [3.63, 3.8) is 0 Å². The molecular formula is C23H32O4. The van der Waals surface area contributed by atoms with E-state index in [4.69, 9.17) is 4.74 Å². The predicted octanol–water partition coefficient (Wildman–Crippen LogP) is 4.27. The van der Waals surface area contributed by atoms with Crippen LogP contribution in [0.2, 0.25) is 0 Å². The Labute approximate surface area is 162 Å². The molecule has 0 amide bonds. The standard InChI is InChI=1S/C23H32O4/c1-13(24)18-7-8-19-17-6-5-15-11-16(26)9-10-22(15,3)21(17)20(27-14(2)25)12-23(18,19)4/h11,17-21H,5-10,12H2,1-4H3/t17?,18-,19?,20?,21?,22+,23-/m1/s1. The highest BCUT2D eigenvalue weighted by Crippen LogP contribution is 2.67. The maximum Gasteiger partial charge on any atom is 0.302 e. The van der Waals surface area contributed by atoms with Crippen molar-refractivity contribution in [1.82, 2.24) is 0 Å². The van der Waals surface area contributed by atoms with Crippen molar-refractivity contribution in [3.05, 3.63) is 11.6 Å². The van der Waals surface area contributed by atoms with Crippen LogP contribution in [0.3, 0.4) is 0 Å². The summed E-state index contributed by atoms with van der Waals surface area (Å²) in [5, 5.41) is 0. The molecule has 4 rings (SSSR count). The average Bonchev–Trinajstić information content (AvgIpc) is 2.91. The fourth-order valence-electron chi connectivity index (χ4n) is 7.64. The molecule has 0 aromatic carbocycles. The van der Waals surface area contributed by atoms with Gasteiger partial charge < -0.3 is 4.74 Å². The third-order valence-electron chi connectivity index (χ3n) is 8.68. The number of rotatable bonds is 2. The van der Waals surface area contributed by atoms with E-state index in [1.54, 1.807) is 6.92 Å². The molecule has 0 aliphatic heterocycles. The molecule has 4 aliphatic rings. The van der Waals surface area contributed by atoms with E-state index in [-0.39, 0.29) is 46.3 Å². The van der Waals surface area contributed by atoms with E-state index < -0.39 is 0 Å². The van der Waals surface area contributed by atoms with Crippen molar-refractivity contribution < 1.29 is 19.1 Å². The number of ether oxygens (including phenoxy) is 1. The van der Waals surface area contributed by atoms with Crippen LogP contribution >= 0.6 is 0 Å². The van der Waals surface area contributed by atoms with Gasteiger partial charge in [0, 0.05) is 25.2 Å². The quantitative estimate of drug-likeness (QED) is 0.679. The van der Waals surface area contributed by atoms with Crippen LogP contribution < -0.4 is 0 Å². The first-order chi connectivity index (χ1) is 12.7. The molecule has 0 aromatic heterocycles. The molecular weight excluding hydrogens is 340 g/mol. The first kappa shape index (κ1) is 18.9. The number of Topliss-reactive ketones (excluding diaryl/α,β-unsaturated/α-hetero) is 1. The minimum absolute atomic E-state index is 0.0629. The second-order valence-electron chi connectivity index (χ2n) is 9.99. The molecule has 0 radical (unpaired) electrons. The van der Waals surface area contributed by atoms with Gasteiger partial charge in [-0.05, 0) is 74.2 Å². The highest BCUT2D eigenvalue weighted by Gasteiger charge is 2.63. The van der Waals surface area contributed by atoms with Crippen molar-refractivity contribution in [2.75, 3.05) is 0 Å². The summed E-state index contributed by atoms with van der Waals surface area (Å²) in [6.07, 6.45) is 8.02. The molecule has 27 heavy (non-hydrogen) atoms. The van der Waals surface area contributed by atoms with Gasteiger partial charge in [0.05, 0.1) is 0 Å². The highest BCUT2D eigenvalue weighted by molar-refractivity contribution is 5.91. The van der Waals surface area contributed by atoms with Crippen molar-refractivity contribution in [2.24, 2.45) is 34.5 Å². The third kappa shape index (κ3) is 2.74. The monoisotopic (exact) mass is 372 g/mol. The normalized spacial score (nSPS) is 46.0. The number of hydrogen-bond donors (Lipinski definition) is 0. The first-order valence-electron chi connectivity index (χ1n) is 10.6. The van der Waals surface area contributed by atoms with E-state index in [0.29, 0.717) is 18.3 Å². The lowest BCUT2D eigenvalue weighted by molar-refractivity contribution is -0.176. The van der Waals surface area contributed by atoms with Crippen molar-refractivity contribution >= 4 is 17.5 Å². The summed E-state index contributed by atoms with van der Waals surface area (Å²) in [4.78, 5) is 36.4. The fraction of sp³-hybridized carbons (Fsp3) is 0.783. The van der Waals surface area contributed by atoms with Gasteiger partial charge >= 0.3 is 5.97 Å². The van der Waals surface area contributed by atoms with Crippen LogP contribution in [0.5, 0.6) is 0 Å². The molecule has 4 unspecified atom stereocenters. The van der Waals surface area contributed by atoms with Gasteiger partial charge in [0.1, 0.15) is 11.9 Å². The third-order valence-corrected chi connectivity index (χ3v) is 8.68. The van der Waals surface area contributed by atoms with Crippen molar-refractivity contribution in [1.29, 1.82) is 0 Å². The van der Waals surface area contributed by atoms with Crippen molar-refractivity contribution in [3.8, 4) is 0 Å². The zero-order valence-electron chi connectivity index (χ0n) is 17.0. The van der Waals surface area contributed by atoms with Crippen LogP contribution in [0, 0.1) is 34.5 Å². The molecule has 4 heteroatoms. The van der Waals surface area contributed by atoms with Crippen LogP contribution in [0.4, 0.5) is 0 Å². The van der Waals surface area contributed by atoms with E-state index in [1.807, 2.05) is 6.08 Å². The fourth-order valence-corrected chi connectivity index (χ4v) is 7.64. The van der Waals surface area contributed by atoms with Crippen LogP contribution in [0.1, 0.15) is 72.6 Å². The smallest absolute Gasteiger partial charge is 0.302 e. The van der Waals surface area contributed by atoms with Crippen LogP contribution in [0.15, 0.2) is 11.6 Å². The van der Waals surface area contributed by atoms with Gasteiger partial charge in [-0.25, -0.2) is 0 Å². The Morgan fingerprint density at radius 3 is 2.52 bits per heavy atom. The number of ketones is 2. The minimum atomic E-state index is -0.232. The zero-order valence-corrected chi connectivity index (χ0v) is 17.0. The topological polar surface area (TPSA) is 60.4 Å². The van der Waals surface area contributed by atoms with Gasteiger partial charge in [-0.15, -0.1) is 0 Å². The second-order valence-corrected chi connectivity index (χ2v) is 9.99. The molecule has 148 valence electrons. The number of hydrogen-bond acceptors (Lipinski definition) is 4. The zero-order chi connectivity index (χ0) is 19.6. The molecule has 3 fully saturated rings. The molecule has 0 heterocycles.